The summed E-state index contributed by atoms with van der Waals surface area (Å²) in [6.45, 7) is 6.97. The summed E-state index contributed by atoms with van der Waals surface area (Å²) in [5, 5.41) is 14.8. The highest BCUT2D eigenvalue weighted by atomic mass is 15.3. The Hall–Kier alpha value is -2.97. The van der Waals surface area contributed by atoms with Gasteiger partial charge in [-0.15, -0.1) is 0 Å². The number of hydrogen-bond donors (Lipinski definition) is 3. The second-order valence-electron chi connectivity index (χ2n) is 10.4. The van der Waals surface area contributed by atoms with Gasteiger partial charge in [-0.05, 0) is 37.8 Å². The molecule has 3 aliphatic heterocycles. The molecule has 2 fully saturated rings. The minimum atomic E-state index is 0.464. The van der Waals surface area contributed by atoms with Crippen molar-refractivity contribution < 1.29 is 0 Å². The summed E-state index contributed by atoms with van der Waals surface area (Å²) in [6, 6.07) is 11.0. The average molecular weight is 487 g/mol. The fourth-order valence-corrected chi connectivity index (χ4v) is 6.00. The first-order valence-electron chi connectivity index (χ1n) is 13.8. The maximum absolute atomic E-state index is 5.10. The van der Waals surface area contributed by atoms with Gasteiger partial charge in [0.1, 0.15) is 5.82 Å². The smallest absolute Gasteiger partial charge is 0.224 e. The lowest BCUT2D eigenvalue weighted by Gasteiger charge is -2.29. The van der Waals surface area contributed by atoms with Gasteiger partial charge in [-0.1, -0.05) is 43.2 Å². The van der Waals surface area contributed by atoms with Crippen molar-refractivity contribution in [2.45, 2.75) is 64.1 Å². The number of nitrogens with one attached hydrogen (secondary N) is 3. The molecule has 6 rings (SSSR count). The number of nitrogens with zero attached hydrogens (tertiary/aromatic N) is 5. The van der Waals surface area contributed by atoms with Gasteiger partial charge in [0.2, 0.25) is 5.95 Å². The number of rotatable bonds is 7. The van der Waals surface area contributed by atoms with E-state index in [9.17, 15) is 0 Å². The van der Waals surface area contributed by atoms with Crippen molar-refractivity contribution >= 4 is 11.8 Å². The van der Waals surface area contributed by atoms with Gasteiger partial charge in [0.15, 0.2) is 0 Å². The van der Waals surface area contributed by atoms with Crippen LogP contribution in [0.5, 0.6) is 0 Å². The van der Waals surface area contributed by atoms with Crippen molar-refractivity contribution in [3.05, 3.63) is 53.3 Å². The van der Waals surface area contributed by atoms with Gasteiger partial charge in [-0.3, -0.25) is 10.00 Å². The molecule has 3 aromatic rings. The zero-order valence-corrected chi connectivity index (χ0v) is 21.2. The quantitative estimate of drug-likeness (QED) is 0.466. The lowest BCUT2D eigenvalue weighted by atomic mass is 10.1. The highest BCUT2D eigenvalue weighted by molar-refractivity contribution is 5.62. The molecule has 1 aromatic carbocycles. The van der Waals surface area contributed by atoms with Crippen LogP contribution >= 0.6 is 0 Å². The summed E-state index contributed by atoms with van der Waals surface area (Å²) in [5.41, 5.74) is 6.11. The molecule has 5 heterocycles. The third-order valence-corrected chi connectivity index (χ3v) is 7.97. The molecule has 8 heteroatoms. The maximum Gasteiger partial charge on any atom is 0.224 e. The van der Waals surface area contributed by atoms with Crippen LogP contribution in [0.25, 0.3) is 11.3 Å². The van der Waals surface area contributed by atoms with Crippen LogP contribution < -0.4 is 15.5 Å². The third kappa shape index (κ3) is 5.11. The summed E-state index contributed by atoms with van der Waals surface area (Å²) < 4.78 is 0. The highest BCUT2D eigenvalue weighted by Crippen LogP contribution is 2.29. The van der Waals surface area contributed by atoms with Crippen LogP contribution in [-0.2, 0) is 19.5 Å². The van der Waals surface area contributed by atoms with E-state index >= 15 is 0 Å². The Morgan fingerprint density at radius 1 is 0.972 bits per heavy atom. The van der Waals surface area contributed by atoms with E-state index in [0.29, 0.717) is 6.04 Å². The first-order valence-corrected chi connectivity index (χ1v) is 13.8. The number of aromatic nitrogens is 4. The van der Waals surface area contributed by atoms with E-state index < -0.39 is 0 Å². The summed E-state index contributed by atoms with van der Waals surface area (Å²) in [5.74, 6) is 1.96. The van der Waals surface area contributed by atoms with E-state index in [1.54, 1.807) is 0 Å². The highest BCUT2D eigenvalue weighted by Gasteiger charge is 2.27. The van der Waals surface area contributed by atoms with Crippen molar-refractivity contribution in [1.82, 2.24) is 30.4 Å². The number of likely N-dealkylation sites (tertiary alicyclic amines) is 1. The Kier molecular flexibility index (Phi) is 7.14. The Balaban J connectivity index is 1.16. The molecule has 0 aliphatic carbocycles. The van der Waals surface area contributed by atoms with Crippen LogP contribution in [0.4, 0.5) is 11.8 Å². The molecular formula is C28H38N8. The molecule has 2 saturated heterocycles. The van der Waals surface area contributed by atoms with Gasteiger partial charge in [0.25, 0.3) is 0 Å². The van der Waals surface area contributed by atoms with Crippen molar-refractivity contribution in [2.75, 3.05) is 42.9 Å². The minimum Gasteiger partial charge on any atom is -0.356 e. The molecule has 36 heavy (non-hydrogen) atoms. The summed E-state index contributed by atoms with van der Waals surface area (Å²) in [7, 11) is 0. The fraction of sp³-hybridized carbons (Fsp3) is 0.536. The molecule has 0 amide bonds. The van der Waals surface area contributed by atoms with E-state index in [0.717, 1.165) is 69.7 Å². The number of anilines is 2. The fourth-order valence-electron chi connectivity index (χ4n) is 6.00. The zero-order chi connectivity index (χ0) is 24.2. The second-order valence-corrected chi connectivity index (χ2v) is 10.4. The van der Waals surface area contributed by atoms with Crippen LogP contribution in [0, 0.1) is 0 Å². The molecule has 1 atom stereocenters. The van der Waals surface area contributed by atoms with Crippen LogP contribution in [0.1, 0.15) is 55.3 Å². The van der Waals surface area contributed by atoms with Crippen molar-refractivity contribution in [3.8, 4) is 11.3 Å². The lowest BCUT2D eigenvalue weighted by Crippen LogP contribution is -2.35. The van der Waals surface area contributed by atoms with E-state index in [1.807, 2.05) is 6.20 Å². The molecule has 2 aromatic heterocycles. The zero-order valence-electron chi connectivity index (χ0n) is 21.2. The number of hydrogen-bond acceptors (Lipinski definition) is 7. The van der Waals surface area contributed by atoms with Crippen LogP contribution in [-0.4, -0.2) is 63.8 Å². The first-order chi connectivity index (χ1) is 17.8. The van der Waals surface area contributed by atoms with Gasteiger partial charge >= 0.3 is 0 Å². The molecule has 0 spiro atoms. The van der Waals surface area contributed by atoms with Gasteiger partial charge in [0.05, 0.1) is 17.6 Å². The molecule has 8 nitrogen and oxygen atoms in total. The van der Waals surface area contributed by atoms with Gasteiger partial charge in [-0.25, -0.2) is 4.98 Å². The molecule has 190 valence electrons. The maximum atomic E-state index is 5.10. The molecule has 3 N–H and O–H groups in total. The van der Waals surface area contributed by atoms with Crippen LogP contribution in [0.3, 0.4) is 0 Å². The number of H-pyrrole nitrogens is 1. The Labute approximate surface area is 213 Å². The van der Waals surface area contributed by atoms with Crippen molar-refractivity contribution in [1.29, 1.82) is 0 Å². The summed E-state index contributed by atoms with van der Waals surface area (Å²) in [4.78, 5) is 15.2. The molecule has 1 unspecified atom stereocenters. The monoisotopic (exact) mass is 486 g/mol. The van der Waals surface area contributed by atoms with Crippen LogP contribution in [0.2, 0.25) is 0 Å². The summed E-state index contributed by atoms with van der Waals surface area (Å²) in [6.07, 6.45) is 10.5. The first kappa shape index (κ1) is 23.4. The topological polar surface area (TPSA) is 85.0 Å². The predicted octanol–water partition coefficient (Wildman–Crippen LogP) is 3.97. The largest absolute Gasteiger partial charge is 0.356 e. The van der Waals surface area contributed by atoms with Gasteiger partial charge < -0.3 is 15.5 Å². The van der Waals surface area contributed by atoms with E-state index in [4.69, 9.17) is 9.97 Å². The Morgan fingerprint density at radius 3 is 2.69 bits per heavy atom. The minimum absolute atomic E-state index is 0.464. The predicted molar refractivity (Wildman–Crippen MR) is 144 cm³/mol. The lowest BCUT2D eigenvalue weighted by molar-refractivity contribution is 0.254. The SMILES string of the molecule is c1ccc(-c2[nH]ncc2CN2CCCC2CNc2nc3c(c(N4CCCCCC4)n2)CNCC3)cc1. The second kappa shape index (κ2) is 11.0. The summed E-state index contributed by atoms with van der Waals surface area (Å²) >= 11 is 0. The Morgan fingerprint density at radius 2 is 1.83 bits per heavy atom. The third-order valence-electron chi connectivity index (χ3n) is 7.97. The van der Waals surface area contributed by atoms with Gasteiger partial charge in [0, 0.05) is 62.9 Å². The standard InChI is InChI=1S/C28H38N8/c1-2-7-15-35(14-6-1)27-24-19-29-13-12-25(24)32-28(33-27)30-18-23-11-8-16-36(23)20-22-17-31-34-26(22)21-9-4-3-5-10-21/h3-5,9-10,17,23,29H,1-2,6-8,11-16,18-20H2,(H,31,34)(H,30,32,33). The van der Waals surface area contributed by atoms with Crippen molar-refractivity contribution in [2.24, 2.45) is 0 Å². The molecule has 0 bridgehead atoms. The molecule has 3 aliphatic rings. The number of fused-ring (bicyclic) bond motifs is 1. The molecule has 0 radical (unpaired) electrons. The normalized spacial score (nSPS) is 20.8. The van der Waals surface area contributed by atoms with Gasteiger partial charge in [-0.2, -0.15) is 10.1 Å². The average Bonchev–Trinajstić information content (AvgIpc) is 3.49. The van der Waals surface area contributed by atoms with Crippen molar-refractivity contribution in [3.63, 3.8) is 0 Å². The van der Waals surface area contributed by atoms with E-state index in [-0.39, 0.29) is 0 Å². The molecular weight excluding hydrogens is 448 g/mol. The number of aromatic amines is 1. The Bertz CT molecular complexity index is 1140. The van der Waals surface area contributed by atoms with E-state index in [1.165, 1.54) is 60.9 Å². The van der Waals surface area contributed by atoms with Crippen LogP contribution in [0.15, 0.2) is 36.5 Å². The number of benzene rings is 1. The van der Waals surface area contributed by atoms with E-state index in [2.05, 4.69) is 61.0 Å². The molecule has 0 saturated carbocycles.